The number of carbonyl (C=O) groups excluding carboxylic acids is 1. The monoisotopic (exact) mass is 251 g/mol. The lowest BCUT2D eigenvalue weighted by molar-refractivity contribution is -0.155. The summed E-state index contributed by atoms with van der Waals surface area (Å²) in [6, 6.07) is 0. The number of alkyl halides is 1. The van der Waals surface area contributed by atoms with Gasteiger partial charge in [-0.15, -0.1) is 0 Å². The summed E-state index contributed by atoms with van der Waals surface area (Å²) >= 11 is 3.31. The van der Waals surface area contributed by atoms with Gasteiger partial charge in [0.05, 0.1) is 6.54 Å². The number of nitrogens with zero attached hydrogens (tertiary/aromatic N) is 1. The van der Waals surface area contributed by atoms with E-state index in [-0.39, 0.29) is 11.6 Å². The largest absolute Gasteiger partial charge is 0.459 e. The third kappa shape index (κ3) is 8.25. The summed E-state index contributed by atoms with van der Waals surface area (Å²) in [5, 5.41) is 0.867. The first-order valence-electron chi connectivity index (χ1n) is 4.31. The molecule has 4 heteroatoms. The molecule has 0 fully saturated rings. The SMILES string of the molecule is CN(CCBr)CC(=O)OC(C)(C)C. The summed E-state index contributed by atoms with van der Waals surface area (Å²) < 4.78 is 5.16. The predicted octanol–water partition coefficient (Wildman–Crippen LogP) is 1.65. The lowest BCUT2D eigenvalue weighted by Gasteiger charge is -2.21. The van der Waals surface area contributed by atoms with Crippen molar-refractivity contribution in [2.45, 2.75) is 26.4 Å². The first kappa shape index (κ1) is 12.9. The van der Waals surface area contributed by atoms with Gasteiger partial charge in [0.2, 0.25) is 0 Å². The number of hydrogen-bond acceptors (Lipinski definition) is 3. The van der Waals surface area contributed by atoms with Crippen LogP contribution in [0.5, 0.6) is 0 Å². The summed E-state index contributed by atoms with van der Waals surface area (Å²) in [5.74, 6) is -0.170. The van der Waals surface area contributed by atoms with Gasteiger partial charge in [-0.2, -0.15) is 0 Å². The van der Waals surface area contributed by atoms with Crippen LogP contribution in [0.1, 0.15) is 20.8 Å². The summed E-state index contributed by atoms with van der Waals surface area (Å²) in [6.45, 7) is 6.81. The Morgan fingerprint density at radius 2 is 2.00 bits per heavy atom. The first-order valence-corrected chi connectivity index (χ1v) is 5.43. The number of ether oxygens (including phenoxy) is 1. The molecule has 0 spiro atoms. The zero-order valence-corrected chi connectivity index (χ0v) is 10.3. The smallest absolute Gasteiger partial charge is 0.320 e. The molecule has 0 aliphatic rings. The van der Waals surface area contributed by atoms with Crippen LogP contribution in [0.25, 0.3) is 0 Å². The summed E-state index contributed by atoms with van der Waals surface area (Å²) in [4.78, 5) is 13.2. The highest BCUT2D eigenvalue weighted by atomic mass is 79.9. The summed E-state index contributed by atoms with van der Waals surface area (Å²) in [5.41, 5.74) is -0.383. The minimum atomic E-state index is -0.383. The summed E-state index contributed by atoms with van der Waals surface area (Å²) in [7, 11) is 1.89. The van der Waals surface area contributed by atoms with E-state index in [0.717, 1.165) is 11.9 Å². The molecule has 13 heavy (non-hydrogen) atoms. The molecule has 0 unspecified atom stereocenters. The third-order valence-electron chi connectivity index (χ3n) is 1.29. The molecule has 0 aromatic heterocycles. The molecule has 78 valence electrons. The molecule has 0 N–H and O–H groups in total. The van der Waals surface area contributed by atoms with Crippen molar-refractivity contribution >= 4 is 21.9 Å². The van der Waals surface area contributed by atoms with E-state index in [1.807, 2.05) is 32.7 Å². The van der Waals surface area contributed by atoms with Gasteiger partial charge >= 0.3 is 5.97 Å². The van der Waals surface area contributed by atoms with Gasteiger partial charge in [-0.3, -0.25) is 9.69 Å². The lowest BCUT2D eigenvalue weighted by Crippen LogP contribution is -2.33. The Labute approximate surface area is 88.6 Å². The molecule has 0 amide bonds. The molecule has 0 saturated heterocycles. The molecule has 0 aliphatic carbocycles. The number of likely N-dealkylation sites (N-methyl/N-ethyl adjacent to an activating group) is 1. The van der Waals surface area contributed by atoms with Crippen molar-refractivity contribution in [3.8, 4) is 0 Å². The molecule has 0 saturated carbocycles. The van der Waals surface area contributed by atoms with Gasteiger partial charge in [0, 0.05) is 11.9 Å². The number of esters is 1. The fraction of sp³-hybridized carbons (Fsp3) is 0.889. The molecule has 0 bridgehead atoms. The Bertz CT molecular complexity index is 165. The Morgan fingerprint density at radius 3 is 2.38 bits per heavy atom. The lowest BCUT2D eigenvalue weighted by atomic mass is 10.2. The first-order chi connectivity index (χ1) is 5.85. The zero-order valence-electron chi connectivity index (χ0n) is 8.76. The maximum atomic E-state index is 11.3. The number of hydrogen-bond donors (Lipinski definition) is 0. The van der Waals surface area contributed by atoms with Crippen LogP contribution in [-0.2, 0) is 9.53 Å². The van der Waals surface area contributed by atoms with E-state index in [0.29, 0.717) is 6.54 Å². The van der Waals surface area contributed by atoms with Gasteiger partial charge in [-0.1, -0.05) is 15.9 Å². The fourth-order valence-electron chi connectivity index (χ4n) is 0.818. The van der Waals surface area contributed by atoms with Crippen molar-refractivity contribution in [3.63, 3.8) is 0 Å². The second-order valence-electron chi connectivity index (χ2n) is 4.01. The topological polar surface area (TPSA) is 29.5 Å². The van der Waals surface area contributed by atoms with Crippen molar-refractivity contribution < 1.29 is 9.53 Å². The standard InChI is InChI=1S/C9H18BrNO2/c1-9(2,3)13-8(12)7-11(4)6-5-10/h5-7H2,1-4H3. The van der Waals surface area contributed by atoms with Crippen LogP contribution in [0.4, 0.5) is 0 Å². The zero-order chi connectivity index (χ0) is 10.5. The molecule has 3 nitrogen and oxygen atoms in total. The van der Waals surface area contributed by atoms with Crippen LogP contribution in [-0.4, -0.2) is 41.9 Å². The van der Waals surface area contributed by atoms with Crippen LogP contribution in [0.2, 0.25) is 0 Å². The number of rotatable bonds is 4. The second kappa shape index (κ2) is 5.60. The number of carbonyl (C=O) groups is 1. The van der Waals surface area contributed by atoms with E-state index in [1.54, 1.807) is 0 Å². The van der Waals surface area contributed by atoms with Gasteiger partial charge in [-0.25, -0.2) is 0 Å². The average Bonchev–Trinajstić information content (AvgIpc) is 1.81. The van der Waals surface area contributed by atoms with Crippen molar-refractivity contribution in [3.05, 3.63) is 0 Å². The Kier molecular flexibility index (Phi) is 5.56. The maximum absolute atomic E-state index is 11.3. The maximum Gasteiger partial charge on any atom is 0.320 e. The quantitative estimate of drug-likeness (QED) is 0.563. The van der Waals surface area contributed by atoms with Gasteiger partial charge in [0.25, 0.3) is 0 Å². The minimum absolute atomic E-state index is 0.170. The molecule has 0 atom stereocenters. The molecule has 0 rings (SSSR count). The minimum Gasteiger partial charge on any atom is -0.459 e. The summed E-state index contributed by atoms with van der Waals surface area (Å²) in [6.07, 6.45) is 0. The number of halogens is 1. The highest BCUT2D eigenvalue weighted by Crippen LogP contribution is 2.06. The highest BCUT2D eigenvalue weighted by molar-refractivity contribution is 9.09. The van der Waals surface area contributed by atoms with E-state index in [9.17, 15) is 4.79 Å². The second-order valence-corrected chi connectivity index (χ2v) is 4.81. The molecular weight excluding hydrogens is 234 g/mol. The van der Waals surface area contributed by atoms with E-state index in [1.165, 1.54) is 0 Å². The van der Waals surface area contributed by atoms with Crippen molar-refractivity contribution in [2.24, 2.45) is 0 Å². The van der Waals surface area contributed by atoms with Crippen LogP contribution in [0.15, 0.2) is 0 Å². The Morgan fingerprint density at radius 1 is 1.46 bits per heavy atom. The van der Waals surface area contributed by atoms with Crippen molar-refractivity contribution in [2.75, 3.05) is 25.5 Å². The van der Waals surface area contributed by atoms with E-state index in [4.69, 9.17) is 4.74 Å². The Hall–Kier alpha value is -0.0900. The molecular formula is C9H18BrNO2. The van der Waals surface area contributed by atoms with E-state index in [2.05, 4.69) is 15.9 Å². The van der Waals surface area contributed by atoms with Gasteiger partial charge in [-0.05, 0) is 27.8 Å². The van der Waals surface area contributed by atoms with E-state index >= 15 is 0 Å². The van der Waals surface area contributed by atoms with Crippen LogP contribution >= 0.6 is 15.9 Å². The van der Waals surface area contributed by atoms with Gasteiger partial charge < -0.3 is 4.74 Å². The van der Waals surface area contributed by atoms with Gasteiger partial charge in [0.1, 0.15) is 5.60 Å². The van der Waals surface area contributed by atoms with Crippen LogP contribution < -0.4 is 0 Å². The molecule has 0 aliphatic heterocycles. The highest BCUT2D eigenvalue weighted by Gasteiger charge is 2.16. The average molecular weight is 252 g/mol. The molecule has 0 heterocycles. The van der Waals surface area contributed by atoms with Crippen LogP contribution in [0, 0.1) is 0 Å². The fourth-order valence-corrected chi connectivity index (χ4v) is 1.42. The van der Waals surface area contributed by atoms with E-state index < -0.39 is 0 Å². The van der Waals surface area contributed by atoms with Crippen molar-refractivity contribution in [1.82, 2.24) is 4.90 Å². The molecule has 0 radical (unpaired) electrons. The van der Waals surface area contributed by atoms with Crippen LogP contribution in [0.3, 0.4) is 0 Å². The normalized spacial score (nSPS) is 11.8. The molecule has 0 aromatic rings. The van der Waals surface area contributed by atoms with Gasteiger partial charge in [0.15, 0.2) is 0 Å². The predicted molar refractivity (Wildman–Crippen MR) is 57.1 cm³/mol. The third-order valence-corrected chi connectivity index (χ3v) is 1.64. The van der Waals surface area contributed by atoms with Crippen molar-refractivity contribution in [1.29, 1.82) is 0 Å². The Balaban J connectivity index is 3.74. The molecule has 0 aromatic carbocycles.